The van der Waals surface area contributed by atoms with Crippen molar-refractivity contribution in [1.29, 1.82) is 0 Å². The number of carbonyl (C=O) groups excluding carboxylic acids is 1. The molecule has 0 aliphatic carbocycles. The highest BCUT2D eigenvalue weighted by molar-refractivity contribution is 5.89. The van der Waals surface area contributed by atoms with Gasteiger partial charge < -0.3 is 10.6 Å². The van der Waals surface area contributed by atoms with Crippen molar-refractivity contribution in [2.45, 2.75) is 26.3 Å². The molecule has 2 rings (SSSR count). The number of aromatic nitrogens is 2. The minimum Gasteiger partial charge on any atom is -0.326 e. The predicted molar refractivity (Wildman–Crippen MR) is 65.5 cm³/mol. The van der Waals surface area contributed by atoms with Gasteiger partial charge in [-0.3, -0.25) is 10.4 Å². The molecule has 94 valence electrons. The fourth-order valence-corrected chi connectivity index (χ4v) is 2.13. The van der Waals surface area contributed by atoms with Crippen molar-refractivity contribution in [3.05, 3.63) is 11.8 Å². The van der Waals surface area contributed by atoms with Crippen LogP contribution in [0.5, 0.6) is 0 Å². The van der Waals surface area contributed by atoms with Crippen LogP contribution in [0.3, 0.4) is 0 Å². The van der Waals surface area contributed by atoms with Crippen LogP contribution in [-0.4, -0.2) is 34.2 Å². The Balaban J connectivity index is 1.96. The van der Waals surface area contributed by atoms with Crippen LogP contribution >= 0.6 is 0 Å². The monoisotopic (exact) mass is 237 g/mol. The third-order valence-corrected chi connectivity index (χ3v) is 3.11. The largest absolute Gasteiger partial charge is 0.326 e. The predicted octanol–water partition coefficient (Wildman–Crippen LogP) is 1.13. The number of carbonyl (C=O) groups is 1. The van der Waals surface area contributed by atoms with E-state index in [0.717, 1.165) is 25.1 Å². The van der Waals surface area contributed by atoms with E-state index < -0.39 is 0 Å². The van der Waals surface area contributed by atoms with E-state index in [9.17, 15) is 4.79 Å². The summed E-state index contributed by atoms with van der Waals surface area (Å²) in [5.74, 6) is 1.18. The molecule has 1 aliphatic rings. The molecule has 6 nitrogen and oxygen atoms in total. The summed E-state index contributed by atoms with van der Waals surface area (Å²) >= 11 is 0. The van der Waals surface area contributed by atoms with E-state index >= 15 is 0 Å². The van der Waals surface area contributed by atoms with Crippen LogP contribution in [0.1, 0.15) is 25.3 Å². The van der Waals surface area contributed by atoms with Gasteiger partial charge in [-0.05, 0) is 18.8 Å². The topological polar surface area (TPSA) is 87.0 Å². The van der Waals surface area contributed by atoms with Crippen LogP contribution < -0.4 is 11.1 Å². The number of urea groups is 1. The molecule has 1 fully saturated rings. The number of anilines is 1. The van der Waals surface area contributed by atoms with E-state index in [1.54, 1.807) is 6.20 Å². The van der Waals surface area contributed by atoms with Gasteiger partial charge in [0.05, 0.1) is 6.20 Å². The molecule has 1 aromatic rings. The van der Waals surface area contributed by atoms with Gasteiger partial charge in [-0.25, -0.2) is 4.79 Å². The molecule has 6 heteroatoms. The van der Waals surface area contributed by atoms with E-state index in [4.69, 9.17) is 5.73 Å². The second kappa shape index (κ2) is 5.18. The zero-order valence-electron chi connectivity index (χ0n) is 10.1. The van der Waals surface area contributed by atoms with Crippen LogP contribution in [0.4, 0.5) is 10.6 Å². The van der Waals surface area contributed by atoms with Gasteiger partial charge >= 0.3 is 6.03 Å². The summed E-state index contributed by atoms with van der Waals surface area (Å²) < 4.78 is 0. The number of hydrogen-bond donors (Lipinski definition) is 3. The summed E-state index contributed by atoms with van der Waals surface area (Å²) in [6.45, 7) is 4.17. The zero-order chi connectivity index (χ0) is 12.3. The lowest BCUT2D eigenvalue weighted by Gasteiger charge is -2.30. The van der Waals surface area contributed by atoms with Gasteiger partial charge in [0.2, 0.25) is 0 Å². The Bertz CT molecular complexity index is 389. The Hall–Kier alpha value is -1.56. The number of nitrogens with zero attached hydrogens (tertiary/aromatic N) is 2. The minimum absolute atomic E-state index is 0.0736. The smallest absolute Gasteiger partial charge is 0.323 e. The normalized spacial score (nSPS) is 20.4. The molecule has 0 radical (unpaired) electrons. The average Bonchev–Trinajstić information content (AvgIpc) is 2.76. The molecule has 1 saturated heterocycles. The first-order valence-electron chi connectivity index (χ1n) is 5.99. The highest BCUT2D eigenvalue weighted by Crippen LogP contribution is 2.17. The van der Waals surface area contributed by atoms with Gasteiger partial charge in [0.15, 0.2) is 0 Å². The zero-order valence-corrected chi connectivity index (χ0v) is 10.1. The summed E-state index contributed by atoms with van der Waals surface area (Å²) in [4.78, 5) is 13.8. The van der Waals surface area contributed by atoms with E-state index in [1.807, 2.05) is 4.90 Å². The summed E-state index contributed by atoms with van der Waals surface area (Å²) in [5, 5.41) is 9.44. The second-order valence-electron chi connectivity index (χ2n) is 4.60. The highest BCUT2D eigenvalue weighted by atomic mass is 16.2. The van der Waals surface area contributed by atoms with Crippen LogP contribution in [0, 0.1) is 5.92 Å². The molecule has 0 aromatic carbocycles. The lowest BCUT2D eigenvalue weighted by Crippen LogP contribution is -2.41. The van der Waals surface area contributed by atoms with Crippen molar-refractivity contribution < 1.29 is 4.79 Å². The maximum absolute atomic E-state index is 12.0. The lowest BCUT2D eigenvalue weighted by molar-refractivity contribution is 0.182. The minimum atomic E-state index is -0.0736. The van der Waals surface area contributed by atoms with Crippen LogP contribution in [-0.2, 0) is 6.54 Å². The first-order valence-corrected chi connectivity index (χ1v) is 5.99. The summed E-state index contributed by atoms with van der Waals surface area (Å²) in [6, 6.07) is -0.0736. The highest BCUT2D eigenvalue weighted by Gasteiger charge is 2.21. The molecule has 17 heavy (non-hydrogen) atoms. The average molecular weight is 237 g/mol. The molecule has 0 saturated carbocycles. The Labute approximate surface area is 101 Å². The van der Waals surface area contributed by atoms with Gasteiger partial charge in [-0.2, -0.15) is 5.10 Å². The van der Waals surface area contributed by atoms with Gasteiger partial charge in [-0.15, -0.1) is 0 Å². The summed E-state index contributed by atoms with van der Waals surface area (Å²) in [6.07, 6.45) is 3.90. The molecule has 1 aliphatic heterocycles. The fraction of sp³-hybridized carbons (Fsp3) is 0.636. The van der Waals surface area contributed by atoms with Gasteiger partial charge in [0.25, 0.3) is 0 Å². The Morgan fingerprint density at radius 1 is 1.76 bits per heavy atom. The third kappa shape index (κ3) is 2.76. The number of rotatable bonds is 2. The van der Waals surface area contributed by atoms with Crippen molar-refractivity contribution in [1.82, 2.24) is 15.1 Å². The van der Waals surface area contributed by atoms with Crippen LogP contribution in [0.25, 0.3) is 0 Å². The standard InChI is InChI=1S/C11H19N5O/c1-8-3-2-4-16(7-8)11(17)14-10-9(5-12)6-13-15-10/h6,8H,2-5,7,12H2,1H3,(H2,13,14,15,17). The number of amides is 2. The van der Waals surface area contributed by atoms with E-state index in [2.05, 4.69) is 22.4 Å². The fourth-order valence-electron chi connectivity index (χ4n) is 2.13. The molecule has 2 amide bonds. The number of likely N-dealkylation sites (tertiary alicyclic amines) is 1. The van der Waals surface area contributed by atoms with E-state index in [0.29, 0.717) is 18.3 Å². The Kier molecular flexibility index (Phi) is 3.63. The van der Waals surface area contributed by atoms with Crippen LogP contribution in [0.2, 0.25) is 0 Å². The number of nitrogens with two attached hydrogens (primary N) is 1. The SMILES string of the molecule is CC1CCCN(C(=O)Nc2[nH]ncc2CN)C1. The van der Waals surface area contributed by atoms with Crippen molar-refractivity contribution >= 4 is 11.8 Å². The van der Waals surface area contributed by atoms with Crippen molar-refractivity contribution in [2.75, 3.05) is 18.4 Å². The van der Waals surface area contributed by atoms with Crippen LogP contribution in [0.15, 0.2) is 6.20 Å². The first kappa shape index (κ1) is 11.9. The van der Waals surface area contributed by atoms with Gasteiger partial charge in [-0.1, -0.05) is 6.92 Å². The molecule has 1 atom stereocenters. The van der Waals surface area contributed by atoms with Crippen molar-refractivity contribution in [3.63, 3.8) is 0 Å². The summed E-state index contributed by atoms with van der Waals surface area (Å²) in [5.41, 5.74) is 6.37. The quantitative estimate of drug-likeness (QED) is 0.720. The lowest BCUT2D eigenvalue weighted by atomic mass is 10.0. The summed E-state index contributed by atoms with van der Waals surface area (Å²) in [7, 11) is 0. The van der Waals surface area contributed by atoms with E-state index in [1.165, 1.54) is 6.42 Å². The second-order valence-corrected chi connectivity index (χ2v) is 4.60. The molecular weight excluding hydrogens is 218 g/mol. The van der Waals surface area contributed by atoms with Gasteiger partial charge in [0.1, 0.15) is 5.82 Å². The number of aromatic amines is 1. The third-order valence-electron chi connectivity index (χ3n) is 3.11. The molecule has 4 N–H and O–H groups in total. The maximum atomic E-state index is 12.0. The van der Waals surface area contributed by atoms with E-state index in [-0.39, 0.29) is 6.03 Å². The molecule has 1 aromatic heterocycles. The first-order chi connectivity index (χ1) is 8.20. The molecule has 0 bridgehead atoms. The molecule has 2 heterocycles. The van der Waals surface area contributed by atoms with Gasteiger partial charge in [0, 0.05) is 25.2 Å². The molecule has 0 spiro atoms. The Morgan fingerprint density at radius 2 is 2.59 bits per heavy atom. The van der Waals surface area contributed by atoms with Crippen molar-refractivity contribution in [2.24, 2.45) is 11.7 Å². The number of H-pyrrole nitrogens is 1. The number of hydrogen-bond acceptors (Lipinski definition) is 3. The Morgan fingerprint density at radius 3 is 3.29 bits per heavy atom. The number of nitrogens with one attached hydrogen (secondary N) is 2. The molecule has 1 unspecified atom stereocenters. The maximum Gasteiger partial charge on any atom is 0.323 e. The van der Waals surface area contributed by atoms with Crippen molar-refractivity contribution in [3.8, 4) is 0 Å². The molecular formula is C11H19N5O. The number of piperidine rings is 1.